The Labute approximate surface area is 118 Å². The zero-order valence-electron chi connectivity index (χ0n) is 11.9. The Kier molecular flexibility index (Phi) is 4.49. The molecule has 0 saturated carbocycles. The third-order valence-corrected chi connectivity index (χ3v) is 3.85. The second-order valence-electron chi connectivity index (χ2n) is 4.93. The molecule has 0 atom stereocenters. The SMILES string of the molecule is CCC(CC)(CO)NC(=O)c1cccc2c1OCCO2. The average Bonchev–Trinajstić information content (AvgIpc) is 2.52. The molecule has 0 fully saturated rings. The van der Waals surface area contributed by atoms with Crippen molar-refractivity contribution in [2.24, 2.45) is 0 Å². The molecule has 5 heteroatoms. The second kappa shape index (κ2) is 6.13. The summed E-state index contributed by atoms with van der Waals surface area (Å²) in [6, 6.07) is 5.25. The van der Waals surface area contributed by atoms with Gasteiger partial charge in [-0.15, -0.1) is 0 Å². The third kappa shape index (κ3) is 2.72. The molecule has 2 N–H and O–H groups in total. The van der Waals surface area contributed by atoms with Gasteiger partial charge in [-0.3, -0.25) is 4.79 Å². The van der Waals surface area contributed by atoms with E-state index in [-0.39, 0.29) is 12.5 Å². The summed E-state index contributed by atoms with van der Waals surface area (Å²) >= 11 is 0. The van der Waals surface area contributed by atoms with Gasteiger partial charge in [0.05, 0.1) is 17.7 Å². The number of para-hydroxylation sites is 1. The summed E-state index contributed by atoms with van der Waals surface area (Å²) in [6.45, 7) is 4.73. The number of nitrogens with one attached hydrogen (secondary N) is 1. The fourth-order valence-electron chi connectivity index (χ4n) is 2.25. The highest BCUT2D eigenvalue weighted by atomic mass is 16.6. The van der Waals surface area contributed by atoms with Gasteiger partial charge < -0.3 is 19.9 Å². The highest BCUT2D eigenvalue weighted by molar-refractivity contribution is 5.98. The van der Waals surface area contributed by atoms with Gasteiger partial charge in [-0.1, -0.05) is 19.9 Å². The number of ether oxygens (including phenoxy) is 2. The Morgan fingerprint density at radius 3 is 2.65 bits per heavy atom. The number of amides is 1. The van der Waals surface area contributed by atoms with Gasteiger partial charge in [0.15, 0.2) is 11.5 Å². The Bertz CT molecular complexity index is 474. The van der Waals surface area contributed by atoms with Crippen LogP contribution in [-0.4, -0.2) is 36.4 Å². The van der Waals surface area contributed by atoms with Crippen molar-refractivity contribution in [3.05, 3.63) is 23.8 Å². The predicted octanol–water partition coefficient (Wildman–Crippen LogP) is 1.74. The largest absolute Gasteiger partial charge is 0.486 e. The molecule has 1 aromatic carbocycles. The molecule has 1 aliphatic heterocycles. The van der Waals surface area contributed by atoms with Crippen molar-refractivity contribution in [3.8, 4) is 11.5 Å². The number of carbonyl (C=O) groups excluding carboxylic acids is 1. The maximum Gasteiger partial charge on any atom is 0.255 e. The lowest BCUT2D eigenvalue weighted by molar-refractivity contribution is 0.0808. The number of hydrogen-bond donors (Lipinski definition) is 2. The van der Waals surface area contributed by atoms with Gasteiger partial charge >= 0.3 is 0 Å². The molecular formula is C15H21NO4. The van der Waals surface area contributed by atoms with Crippen LogP contribution in [0, 0.1) is 0 Å². The van der Waals surface area contributed by atoms with E-state index in [9.17, 15) is 9.90 Å². The predicted molar refractivity (Wildman–Crippen MR) is 75.3 cm³/mol. The summed E-state index contributed by atoms with van der Waals surface area (Å²) in [6.07, 6.45) is 1.33. The molecule has 1 heterocycles. The van der Waals surface area contributed by atoms with E-state index >= 15 is 0 Å². The minimum absolute atomic E-state index is 0.0852. The smallest absolute Gasteiger partial charge is 0.255 e. The number of rotatable bonds is 5. The van der Waals surface area contributed by atoms with Gasteiger partial charge in [-0.05, 0) is 25.0 Å². The molecular weight excluding hydrogens is 258 g/mol. The standard InChI is InChI=1S/C15H21NO4/c1-3-15(4-2,10-17)16-14(18)11-6-5-7-12-13(11)20-9-8-19-12/h5-7,17H,3-4,8-10H2,1-2H3,(H,16,18). The van der Waals surface area contributed by atoms with E-state index in [1.807, 2.05) is 13.8 Å². The Hall–Kier alpha value is -1.75. The minimum atomic E-state index is -0.588. The van der Waals surface area contributed by atoms with Gasteiger partial charge in [0.1, 0.15) is 13.2 Å². The van der Waals surface area contributed by atoms with E-state index in [2.05, 4.69) is 5.32 Å². The first-order chi connectivity index (χ1) is 9.65. The van der Waals surface area contributed by atoms with Crippen LogP contribution in [0.5, 0.6) is 11.5 Å². The van der Waals surface area contributed by atoms with Gasteiger partial charge in [-0.2, -0.15) is 0 Å². The van der Waals surface area contributed by atoms with Crippen LogP contribution in [0.25, 0.3) is 0 Å². The molecule has 0 radical (unpaired) electrons. The molecule has 20 heavy (non-hydrogen) atoms. The number of carbonyl (C=O) groups is 1. The number of benzene rings is 1. The molecule has 1 amide bonds. The van der Waals surface area contributed by atoms with E-state index in [0.29, 0.717) is 43.1 Å². The Morgan fingerprint density at radius 1 is 1.30 bits per heavy atom. The molecule has 0 aromatic heterocycles. The lowest BCUT2D eigenvalue weighted by atomic mass is 9.93. The molecule has 1 aromatic rings. The Morgan fingerprint density at radius 2 is 2.00 bits per heavy atom. The summed E-state index contributed by atoms with van der Waals surface area (Å²) < 4.78 is 11.0. The van der Waals surface area contributed by atoms with E-state index in [0.717, 1.165) is 0 Å². The van der Waals surface area contributed by atoms with Crippen LogP contribution in [0.3, 0.4) is 0 Å². The normalized spacial score (nSPS) is 13.9. The van der Waals surface area contributed by atoms with E-state index in [1.54, 1.807) is 18.2 Å². The van der Waals surface area contributed by atoms with Gasteiger partial charge in [0.2, 0.25) is 0 Å². The Balaban J connectivity index is 2.25. The number of hydrogen-bond acceptors (Lipinski definition) is 4. The number of fused-ring (bicyclic) bond motifs is 1. The van der Waals surface area contributed by atoms with Crippen LogP contribution in [0.2, 0.25) is 0 Å². The van der Waals surface area contributed by atoms with Crippen molar-refractivity contribution < 1.29 is 19.4 Å². The lowest BCUT2D eigenvalue weighted by Crippen LogP contribution is -2.50. The first kappa shape index (κ1) is 14.7. The maximum absolute atomic E-state index is 12.5. The van der Waals surface area contributed by atoms with E-state index in [4.69, 9.17) is 9.47 Å². The molecule has 0 saturated heterocycles. The summed E-state index contributed by atoms with van der Waals surface area (Å²) in [7, 11) is 0. The number of aliphatic hydroxyl groups is 1. The topological polar surface area (TPSA) is 67.8 Å². The molecule has 0 bridgehead atoms. The summed E-state index contributed by atoms with van der Waals surface area (Å²) in [4.78, 5) is 12.5. The van der Waals surface area contributed by atoms with Gasteiger partial charge in [-0.25, -0.2) is 0 Å². The molecule has 2 rings (SSSR count). The van der Waals surface area contributed by atoms with Crippen molar-refractivity contribution in [2.45, 2.75) is 32.2 Å². The van der Waals surface area contributed by atoms with Crippen molar-refractivity contribution in [1.82, 2.24) is 5.32 Å². The van der Waals surface area contributed by atoms with E-state index < -0.39 is 5.54 Å². The monoisotopic (exact) mass is 279 g/mol. The minimum Gasteiger partial charge on any atom is -0.486 e. The highest BCUT2D eigenvalue weighted by Crippen LogP contribution is 2.33. The van der Waals surface area contributed by atoms with Crippen molar-refractivity contribution in [2.75, 3.05) is 19.8 Å². The highest BCUT2D eigenvalue weighted by Gasteiger charge is 2.29. The zero-order valence-corrected chi connectivity index (χ0v) is 11.9. The van der Waals surface area contributed by atoms with E-state index in [1.165, 1.54) is 0 Å². The second-order valence-corrected chi connectivity index (χ2v) is 4.93. The van der Waals surface area contributed by atoms with Gasteiger partial charge in [0, 0.05) is 0 Å². The van der Waals surface area contributed by atoms with Crippen LogP contribution >= 0.6 is 0 Å². The summed E-state index contributed by atoms with van der Waals surface area (Å²) in [5.74, 6) is 0.826. The molecule has 110 valence electrons. The van der Waals surface area contributed by atoms with Crippen molar-refractivity contribution in [1.29, 1.82) is 0 Å². The first-order valence-corrected chi connectivity index (χ1v) is 6.97. The lowest BCUT2D eigenvalue weighted by Gasteiger charge is -2.31. The summed E-state index contributed by atoms with van der Waals surface area (Å²) in [5, 5.41) is 12.5. The van der Waals surface area contributed by atoms with Gasteiger partial charge in [0.25, 0.3) is 5.91 Å². The molecule has 0 unspecified atom stereocenters. The zero-order chi connectivity index (χ0) is 14.6. The average molecular weight is 279 g/mol. The molecule has 5 nitrogen and oxygen atoms in total. The van der Waals surface area contributed by atoms with Crippen LogP contribution in [-0.2, 0) is 0 Å². The third-order valence-electron chi connectivity index (χ3n) is 3.85. The quantitative estimate of drug-likeness (QED) is 0.861. The molecule has 0 aliphatic carbocycles. The molecule has 1 aliphatic rings. The van der Waals surface area contributed by atoms with Crippen LogP contribution in [0.15, 0.2) is 18.2 Å². The van der Waals surface area contributed by atoms with Crippen LogP contribution < -0.4 is 14.8 Å². The fraction of sp³-hybridized carbons (Fsp3) is 0.533. The number of aliphatic hydroxyl groups excluding tert-OH is 1. The van der Waals surface area contributed by atoms with Crippen LogP contribution in [0.4, 0.5) is 0 Å². The fourth-order valence-corrected chi connectivity index (χ4v) is 2.25. The van der Waals surface area contributed by atoms with Crippen molar-refractivity contribution in [3.63, 3.8) is 0 Å². The van der Waals surface area contributed by atoms with Crippen molar-refractivity contribution >= 4 is 5.91 Å². The summed E-state index contributed by atoms with van der Waals surface area (Å²) in [5.41, 5.74) is -0.142. The first-order valence-electron chi connectivity index (χ1n) is 6.97. The van der Waals surface area contributed by atoms with Crippen LogP contribution in [0.1, 0.15) is 37.0 Å². The maximum atomic E-state index is 12.5. The molecule has 0 spiro atoms.